The average Bonchev–Trinajstić information content (AvgIpc) is 3.74. The lowest BCUT2D eigenvalue weighted by Gasteiger charge is -2.17. The molecule has 0 aliphatic carbocycles. The number of carboxylic acid groups (broad SMARTS) is 1. The molecule has 2 aliphatic heterocycles. The maximum absolute atomic E-state index is 13.5. The van der Waals surface area contributed by atoms with Crippen molar-refractivity contribution in [2.45, 2.75) is 19.3 Å². The van der Waals surface area contributed by atoms with E-state index in [9.17, 15) is 9.59 Å². The number of ether oxygens (including phenoxy) is 1. The number of amides is 1. The number of fused-ring (bicyclic) bond motifs is 1. The van der Waals surface area contributed by atoms with Gasteiger partial charge in [-0.1, -0.05) is 48.2 Å². The van der Waals surface area contributed by atoms with E-state index in [4.69, 9.17) is 22.1 Å². The maximum atomic E-state index is 13.5. The monoisotopic (exact) mass is 597 g/mol. The van der Waals surface area contributed by atoms with Crippen LogP contribution in [-0.2, 0) is 11.2 Å². The van der Waals surface area contributed by atoms with Crippen molar-refractivity contribution < 1.29 is 19.4 Å². The Morgan fingerprint density at radius 2 is 1.76 bits per heavy atom. The van der Waals surface area contributed by atoms with E-state index < -0.39 is 5.97 Å². The van der Waals surface area contributed by atoms with E-state index in [1.807, 2.05) is 18.3 Å². The fourth-order valence-corrected chi connectivity index (χ4v) is 6.68. The summed E-state index contributed by atoms with van der Waals surface area (Å²) in [5.74, 6) is -0.351. The van der Waals surface area contributed by atoms with Gasteiger partial charge >= 0.3 is 5.97 Å². The minimum atomic E-state index is -0.961. The summed E-state index contributed by atoms with van der Waals surface area (Å²) in [5, 5.41) is 10.3. The Kier molecular flexibility index (Phi) is 8.41. The van der Waals surface area contributed by atoms with Crippen molar-refractivity contribution in [3.8, 4) is 16.9 Å². The molecule has 0 saturated carbocycles. The Bertz CT molecular complexity index is 1670. The zero-order chi connectivity index (χ0) is 29.1. The largest absolute Gasteiger partial charge is 0.492 e. The number of nitrogens with one attached hydrogen (secondary N) is 1. The van der Waals surface area contributed by atoms with E-state index in [0.29, 0.717) is 28.8 Å². The number of hydrogen-bond donors (Lipinski definition) is 2. The molecule has 42 heavy (non-hydrogen) atoms. The van der Waals surface area contributed by atoms with Crippen LogP contribution >= 0.6 is 24.0 Å². The van der Waals surface area contributed by atoms with Crippen molar-refractivity contribution in [1.29, 1.82) is 0 Å². The summed E-state index contributed by atoms with van der Waals surface area (Å²) < 4.78 is 6.79. The topological polar surface area (TPSA) is 85.9 Å². The average molecular weight is 598 g/mol. The highest BCUT2D eigenvalue weighted by Gasteiger charge is 2.32. The number of aromatic carboxylic acids is 1. The Balaban J connectivity index is 1.23. The molecule has 2 fully saturated rings. The van der Waals surface area contributed by atoms with Crippen LogP contribution in [0.5, 0.6) is 5.75 Å². The molecule has 2 saturated heterocycles. The number of carbonyl (C=O) groups excluding carboxylic acids is 1. The Morgan fingerprint density at radius 1 is 1.00 bits per heavy atom. The van der Waals surface area contributed by atoms with Crippen LogP contribution in [0.15, 0.2) is 77.8 Å². The quantitative estimate of drug-likeness (QED) is 0.161. The molecule has 6 rings (SSSR count). The highest BCUT2D eigenvalue weighted by Crippen LogP contribution is 2.36. The molecule has 2 aliphatic rings. The molecular formula is C33H31N3O4S2. The number of benzene rings is 3. The van der Waals surface area contributed by atoms with Gasteiger partial charge in [0.2, 0.25) is 0 Å². The van der Waals surface area contributed by atoms with Crippen molar-refractivity contribution >= 4 is 57.2 Å². The number of H-pyrrole nitrogens is 1. The van der Waals surface area contributed by atoms with Gasteiger partial charge in [-0.25, -0.2) is 4.79 Å². The molecule has 9 heteroatoms. The van der Waals surface area contributed by atoms with E-state index in [2.05, 4.69) is 46.3 Å². The Labute approximate surface area is 254 Å². The van der Waals surface area contributed by atoms with Crippen molar-refractivity contribution in [2.75, 3.05) is 32.8 Å². The van der Waals surface area contributed by atoms with E-state index in [1.165, 1.54) is 24.6 Å². The maximum Gasteiger partial charge on any atom is 0.335 e. The number of carbonyl (C=O) groups is 2. The lowest BCUT2D eigenvalue weighted by Crippen LogP contribution is -2.30. The van der Waals surface area contributed by atoms with Crippen LogP contribution in [-0.4, -0.2) is 68.9 Å². The first-order valence-electron chi connectivity index (χ1n) is 14.1. The first kappa shape index (κ1) is 28.2. The summed E-state index contributed by atoms with van der Waals surface area (Å²) >= 11 is 6.89. The van der Waals surface area contributed by atoms with E-state index >= 15 is 0 Å². The number of rotatable bonds is 10. The van der Waals surface area contributed by atoms with Crippen LogP contribution in [0.3, 0.4) is 0 Å². The standard InChI is InChI=1S/C33H31N3O4S2/c37-31-30(42-33(41)36(31)16-12-22-3-5-23(6-4-22)32(38)39)21-27-20-25(24-7-9-28-26(19-24)11-13-34-28)8-10-29(27)40-18-17-35-14-1-2-15-35/h3-11,13,19-21,34H,1-2,12,14-18H2,(H,38,39)/b30-21-. The first-order valence-corrected chi connectivity index (χ1v) is 15.3. The minimum absolute atomic E-state index is 0.130. The highest BCUT2D eigenvalue weighted by atomic mass is 32.2. The zero-order valence-electron chi connectivity index (χ0n) is 23.0. The molecule has 4 aromatic rings. The molecule has 3 aromatic carbocycles. The summed E-state index contributed by atoms with van der Waals surface area (Å²) in [4.78, 5) is 32.5. The van der Waals surface area contributed by atoms with Gasteiger partial charge in [-0.3, -0.25) is 14.6 Å². The number of likely N-dealkylation sites (tertiary alicyclic amines) is 1. The second kappa shape index (κ2) is 12.5. The molecule has 2 N–H and O–H groups in total. The normalized spacial score (nSPS) is 16.7. The van der Waals surface area contributed by atoms with E-state index in [0.717, 1.165) is 58.5 Å². The van der Waals surface area contributed by atoms with Crippen molar-refractivity contribution in [1.82, 2.24) is 14.8 Å². The molecular weight excluding hydrogens is 567 g/mol. The Hall–Kier alpha value is -3.92. The number of thioether (sulfide) groups is 1. The van der Waals surface area contributed by atoms with Crippen LogP contribution in [0, 0.1) is 0 Å². The number of thiocarbonyl (C=S) groups is 1. The molecule has 0 spiro atoms. The lowest BCUT2D eigenvalue weighted by atomic mass is 10.0. The van der Waals surface area contributed by atoms with Gasteiger partial charge < -0.3 is 14.8 Å². The zero-order valence-corrected chi connectivity index (χ0v) is 24.7. The van der Waals surface area contributed by atoms with Gasteiger partial charge in [-0.05, 0) is 103 Å². The number of carboxylic acids is 1. The van der Waals surface area contributed by atoms with Gasteiger partial charge in [0, 0.05) is 30.4 Å². The smallest absolute Gasteiger partial charge is 0.335 e. The molecule has 1 amide bonds. The van der Waals surface area contributed by atoms with Crippen molar-refractivity contribution in [3.63, 3.8) is 0 Å². The second-order valence-corrected chi connectivity index (χ2v) is 12.2. The fourth-order valence-electron chi connectivity index (χ4n) is 5.38. The van der Waals surface area contributed by atoms with Gasteiger partial charge in [0.1, 0.15) is 16.7 Å². The van der Waals surface area contributed by atoms with Crippen LogP contribution in [0.1, 0.15) is 34.3 Å². The molecule has 0 bridgehead atoms. The fraction of sp³-hybridized carbons (Fsp3) is 0.242. The predicted molar refractivity (Wildman–Crippen MR) is 172 cm³/mol. The number of aromatic nitrogens is 1. The van der Waals surface area contributed by atoms with Gasteiger partial charge in [-0.2, -0.15) is 0 Å². The third-order valence-electron chi connectivity index (χ3n) is 7.75. The molecule has 1 aromatic heterocycles. The number of aromatic amines is 1. The molecule has 0 atom stereocenters. The minimum Gasteiger partial charge on any atom is -0.492 e. The lowest BCUT2D eigenvalue weighted by molar-refractivity contribution is -0.122. The van der Waals surface area contributed by atoms with Crippen molar-refractivity contribution in [3.05, 3.63) is 94.5 Å². The van der Waals surface area contributed by atoms with E-state index in [1.54, 1.807) is 29.2 Å². The first-order chi connectivity index (χ1) is 20.4. The SMILES string of the molecule is O=C(O)c1ccc(CCN2C(=O)/C(=C/c3cc(-c4ccc5[nH]ccc5c4)ccc3OCCN3CCCC3)SC2=S)cc1. The third kappa shape index (κ3) is 6.28. The van der Waals surface area contributed by atoms with Gasteiger partial charge in [0.15, 0.2) is 0 Å². The predicted octanol–water partition coefficient (Wildman–Crippen LogP) is 6.45. The summed E-state index contributed by atoms with van der Waals surface area (Å²) in [6, 6.07) is 21.2. The van der Waals surface area contributed by atoms with E-state index in [-0.39, 0.29) is 11.5 Å². The summed E-state index contributed by atoms with van der Waals surface area (Å²) in [6.07, 6.45) is 6.87. The Morgan fingerprint density at radius 3 is 2.55 bits per heavy atom. The summed E-state index contributed by atoms with van der Waals surface area (Å²) in [5.41, 5.74) is 5.23. The van der Waals surface area contributed by atoms with Crippen LogP contribution < -0.4 is 4.74 Å². The van der Waals surface area contributed by atoms with Crippen LogP contribution in [0.2, 0.25) is 0 Å². The molecule has 7 nitrogen and oxygen atoms in total. The van der Waals surface area contributed by atoms with Gasteiger partial charge in [0.25, 0.3) is 5.91 Å². The summed E-state index contributed by atoms with van der Waals surface area (Å²) in [7, 11) is 0. The van der Waals surface area contributed by atoms with Crippen molar-refractivity contribution in [2.24, 2.45) is 0 Å². The van der Waals surface area contributed by atoms with Gasteiger partial charge in [-0.15, -0.1) is 0 Å². The van der Waals surface area contributed by atoms with Crippen LogP contribution in [0.4, 0.5) is 0 Å². The molecule has 0 radical (unpaired) electrons. The molecule has 3 heterocycles. The van der Waals surface area contributed by atoms with Crippen LogP contribution in [0.25, 0.3) is 28.1 Å². The third-order valence-corrected chi connectivity index (χ3v) is 9.12. The number of hydrogen-bond acceptors (Lipinski definition) is 6. The molecule has 214 valence electrons. The summed E-state index contributed by atoms with van der Waals surface area (Å²) in [6.45, 7) is 4.11. The number of nitrogens with zero attached hydrogens (tertiary/aromatic N) is 2. The second-order valence-electron chi connectivity index (χ2n) is 10.5. The van der Waals surface area contributed by atoms with Gasteiger partial charge in [0.05, 0.1) is 10.5 Å². The highest BCUT2D eigenvalue weighted by molar-refractivity contribution is 8.26. The molecule has 0 unspecified atom stereocenters.